The average Bonchev–Trinajstić information content (AvgIpc) is 3.23. The van der Waals surface area contributed by atoms with Crippen molar-refractivity contribution in [2.24, 2.45) is 5.73 Å². The quantitative estimate of drug-likeness (QED) is 0.414. The largest absolute Gasteiger partial charge is 0.490 e. The van der Waals surface area contributed by atoms with Crippen LogP contribution in [0.5, 0.6) is 0 Å². The van der Waals surface area contributed by atoms with Crippen molar-refractivity contribution in [1.29, 1.82) is 0 Å². The van der Waals surface area contributed by atoms with Gasteiger partial charge in [-0.1, -0.05) is 36.4 Å². The van der Waals surface area contributed by atoms with Crippen molar-refractivity contribution >= 4 is 23.5 Å². The maximum atomic E-state index is 12.3. The number of aryl methyl sites for hydroxylation is 3. The summed E-state index contributed by atoms with van der Waals surface area (Å²) in [5.74, 6) is -3.32. The van der Waals surface area contributed by atoms with Crippen LogP contribution in [0.2, 0.25) is 0 Å². The number of nitrogens with two attached hydrogens (primary N) is 1. The van der Waals surface area contributed by atoms with Crippen molar-refractivity contribution in [2.75, 3.05) is 5.32 Å². The number of alkyl halides is 3. The lowest BCUT2D eigenvalue weighted by atomic mass is 10.0. The van der Waals surface area contributed by atoms with Crippen LogP contribution in [-0.2, 0) is 28.9 Å². The zero-order valence-corrected chi connectivity index (χ0v) is 18.1. The van der Waals surface area contributed by atoms with Crippen molar-refractivity contribution in [3.05, 3.63) is 82.7 Å². The number of amides is 2. The number of carbonyl (C=O) groups excluding carboxylic acids is 2. The van der Waals surface area contributed by atoms with Crippen molar-refractivity contribution in [2.45, 2.75) is 32.4 Å². The van der Waals surface area contributed by atoms with E-state index in [1.165, 1.54) is 0 Å². The minimum Gasteiger partial charge on any atom is -0.475 e. The predicted molar refractivity (Wildman–Crippen MR) is 118 cm³/mol. The van der Waals surface area contributed by atoms with Gasteiger partial charge in [0.1, 0.15) is 5.69 Å². The highest BCUT2D eigenvalue weighted by Crippen LogP contribution is 2.16. The van der Waals surface area contributed by atoms with Gasteiger partial charge in [0.05, 0.1) is 12.6 Å². The summed E-state index contributed by atoms with van der Waals surface area (Å²) >= 11 is 0. The highest BCUT2D eigenvalue weighted by Gasteiger charge is 2.38. The van der Waals surface area contributed by atoms with Gasteiger partial charge in [0.2, 0.25) is 5.91 Å². The van der Waals surface area contributed by atoms with Crippen LogP contribution in [0.15, 0.2) is 54.7 Å². The molecule has 0 aliphatic carbocycles. The first kappa shape index (κ1) is 26.1. The lowest BCUT2D eigenvalue weighted by Gasteiger charge is -2.09. The molecule has 3 aromatic rings. The second kappa shape index (κ2) is 11.6. The number of primary amides is 1. The summed E-state index contributed by atoms with van der Waals surface area (Å²) in [5.41, 5.74) is 10.4. The van der Waals surface area contributed by atoms with Crippen LogP contribution in [0.3, 0.4) is 0 Å². The number of aliphatic carboxylic acids is 1. The standard InChI is InChI=1S/C21H22N4O2.C2HF3O2/c1-14-5-2-3-7-16(14)12-19(26)24-18-8-4-6-15(11-18)9-10-17-13-23-25-20(17)21(22)27;3-2(4,5)1(6)7/h2-8,11,13H,9-10,12H2,1H3,(H2,22,27)(H,23,25)(H,24,26);(H,6,7). The van der Waals surface area contributed by atoms with Crippen LogP contribution in [0.4, 0.5) is 18.9 Å². The summed E-state index contributed by atoms with van der Waals surface area (Å²) < 4.78 is 31.7. The third kappa shape index (κ3) is 8.08. The summed E-state index contributed by atoms with van der Waals surface area (Å²) in [4.78, 5) is 32.6. The van der Waals surface area contributed by atoms with Crippen molar-refractivity contribution in [3.63, 3.8) is 0 Å². The van der Waals surface area contributed by atoms with E-state index in [-0.39, 0.29) is 5.91 Å². The number of carboxylic acid groups (broad SMARTS) is 1. The maximum absolute atomic E-state index is 12.3. The van der Waals surface area contributed by atoms with E-state index in [0.717, 1.165) is 27.9 Å². The fourth-order valence-electron chi connectivity index (χ4n) is 2.98. The highest BCUT2D eigenvalue weighted by molar-refractivity contribution is 5.93. The number of benzene rings is 2. The molecular weight excluding hydrogens is 453 g/mol. The van der Waals surface area contributed by atoms with Crippen LogP contribution in [0.25, 0.3) is 0 Å². The zero-order valence-electron chi connectivity index (χ0n) is 18.1. The number of nitrogens with zero attached hydrogens (tertiary/aromatic N) is 1. The number of aromatic nitrogens is 2. The number of carbonyl (C=O) groups is 3. The SMILES string of the molecule is Cc1ccccc1CC(=O)Nc1cccc(CCc2cn[nH]c2C(N)=O)c1.O=C(O)C(F)(F)F. The third-order valence-electron chi connectivity index (χ3n) is 4.71. The summed E-state index contributed by atoms with van der Waals surface area (Å²) in [6, 6.07) is 15.6. The number of halogens is 3. The molecular formula is C23H23F3N4O4. The van der Waals surface area contributed by atoms with Crippen LogP contribution in [-0.4, -0.2) is 39.3 Å². The molecule has 180 valence electrons. The van der Waals surface area contributed by atoms with E-state index >= 15 is 0 Å². The molecule has 0 unspecified atom stereocenters. The number of rotatable bonds is 7. The van der Waals surface area contributed by atoms with Gasteiger partial charge in [-0.15, -0.1) is 0 Å². The molecule has 11 heteroatoms. The van der Waals surface area contributed by atoms with E-state index in [4.69, 9.17) is 15.6 Å². The molecule has 2 amide bonds. The summed E-state index contributed by atoms with van der Waals surface area (Å²) in [6.45, 7) is 2.00. The Morgan fingerprint density at radius 3 is 2.35 bits per heavy atom. The first-order chi connectivity index (χ1) is 16.0. The van der Waals surface area contributed by atoms with Gasteiger partial charge in [0.25, 0.3) is 5.91 Å². The first-order valence-electron chi connectivity index (χ1n) is 10.0. The van der Waals surface area contributed by atoms with E-state index in [1.54, 1.807) is 6.20 Å². The lowest BCUT2D eigenvalue weighted by molar-refractivity contribution is -0.192. The number of H-pyrrole nitrogens is 1. The van der Waals surface area contributed by atoms with Crippen molar-refractivity contribution in [1.82, 2.24) is 10.2 Å². The Balaban J connectivity index is 0.000000509. The number of carboxylic acids is 1. The van der Waals surface area contributed by atoms with E-state index in [2.05, 4.69) is 15.5 Å². The lowest BCUT2D eigenvalue weighted by Crippen LogP contribution is -2.21. The molecule has 0 aliphatic heterocycles. The summed E-state index contributed by atoms with van der Waals surface area (Å²) in [6.07, 6.45) is -1.78. The minimum absolute atomic E-state index is 0.0488. The van der Waals surface area contributed by atoms with Crippen LogP contribution in [0, 0.1) is 6.92 Å². The second-order valence-corrected chi connectivity index (χ2v) is 7.29. The molecule has 0 saturated carbocycles. The summed E-state index contributed by atoms with van der Waals surface area (Å²) in [5, 5.41) is 16.6. The maximum Gasteiger partial charge on any atom is 0.490 e. The van der Waals surface area contributed by atoms with Crippen LogP contribution in [0.1, 0.15) is 32.7 Å². The Hall–Kier alpha value is -4.15. The first-order valence-corrected chi connectivity index (χ1v) is 10.0. The number of aromatic amines is 1. The van der Waals surface area contributed by atoms with E-state index in [9.17, 15) is 22.8 Å². The fraction of sp³-hybridized carbons (Fsp3) is 0.217. The van der Waals surface area contributed by atoms with E-state index in [1.807, 2.05) is 55.5 Å². The monoisotopic (exact) mass is 476 g/mol. The molecule has 0 fully saturated rings. The van der Waals surface area contributed by atoms with Crippen LogP contribution >= 0.6 is 0 Å². The Bertz CT molecular complexity index is 1160. The molecule has 0 saturated heterocycles. The van der Waals surface area contributed by atoms with E-state index in [0.29, 0.717) is 25.0 Å². The topological polar surface area (TPSA) is 138 Å². The second-order valence-electron chi connectivity index (χ2n) is 7.29. The van der Waals surface area contributed by atoms with E-state index < -0.39 is 18.1 Å². The van der Waals surface area contributed by atoms with Gasteiger partial charge >= 0.3 is 12.1 Å². The highest BCUT2D eigenvalue weighted by atomic mass is 19.4. The molecule has 5 N–H and O–H groups in total. The molecule has 8 nitrogen and oxygen atoms in total. The number of hydrogen-bond acceptors (Lipinski definition) is 4. The Morgan fingerprint density at radius 2 is 1.74 bits per heavy atom. The minimum atomic E-state index is -5.08. The number of anilines is 1. The molecule has 34 heavy (non-hydrogen) atoms. The smallest absolute Gasteiger partial charge is 0.475 e. The van der Waals surface area contributed by atoms with Gasteiger partial charge in [-0.2, -0.15) is 18.3 Å². The Morgan fingerprint density at radius 1 is 1.06 bits per heavy atom. The molecule has 1 aromatic heterocycles. The predicted octanol–water partition coefficient (Wildman–Crippen LogP) is 3.42. The van der Waals surface area contributed by atoms with Gasteiger partial charge in [0.15, 0.2) is 0 Å². The molecule has 0 radical (unpaired) electrons. The Kier molecular flexibility index (Phi) is 8.94. The van der Waals surface area contributed by atoms with Gasteiger partial charge in [-0.3, -0.25) is 14.7 Å². The average molecular weight is 476 g/mol. The molecule has 0 bridgehead atoms. The molecule has 2 aromatic carbocycles. The van der Waals surface area contributed by atoms with Gasteiger partial charge in [-0.05, 0) is 48.6 Å². The molecule has 3 rings (SSSR count). The zero-order chi connectivity index (χ0) is 25.3. The summed E-state index contributed by atoms with van der Waals surface area (Å²) in [7, 11) is 0. The van der Waals surface area contributed by atoms with Crippen LogP contribution < -0.4 is 11.1 Å². The van der Waals surface area contributed by atoms with Gasteiger partial charge in [-0.25, -0.2) is 4.79 Å². The van der Waals surface area contributed by atoms with Crippen molar-refractivity contribution < 1.29 is 32.7 Å². The van der Waals surface area contributed by atoms with Gasteiger partial charge in [0, 0.05) is 11.3 Å². The normalized spacial score (nSPS) is 10.7. The number of hydrogen-bond donors (Lipinski definition) is 4. The number of nitrogens with one attached hydrogen (secondary N) is 2. The molecule has 0 atom stereocenters. The molecule has 1 heterocycles. The van der Waals surface area contributed by atoms with Crippen molar-refractivity contribution in [3.8, 4) is 0 Å². The molecule has 0 spiro atoms. The third-order valence-corrected chi connectivity index (χ3v) is 4.71. The molecule has 0 aliphatic rings. The fourth-order valence-corrected chi connectivity index (χ4v) is 2.98. The van der Waals surface area contributed by atoms with Gasteiger partial charge < -0.3 is 16.2 Å². The Labute approximate surface area is 193 Å².